The quantitative estimate of drug-likeness (QED) is 0.154. The number of fused-ring (bicyclic) bond motifs is 2. The van der Waals surface area contributed by atoms with Crippen molar-refractivity contribution < 1.29 is 9.84 Å². The molecule has 5 aromatic rings. The van der Waals surface area contributed by atoms with Gasteiger partial charge in [0.15, 0.2) is 11.0 Å². The van der Waals surface area contributed by atoms with E-state index in [0.29, 0.717) is 33.0 Å². The number of aromatic nitrogens is 4. The lowest BCUT2D eigenvalue weighted by Gasteiger charge is -2.15. The number of hydrogen-bond donors (Lipinski definition) is 2. The van der Waals surface area contributed by atoms with E-state index in [-0.39, 0.29) is 28.5 Å². The molecule has 172 valence electrons. The van der Waals surface area contributed by atoms with Gasteiger partial charge in [0.25, 0.3) is 5.56 Å². The summed E-state index contributed by atoms with van der Waals surface area (Å²) in [6, 6.07) is 23.6. The number of thioether (sulfide) groups is 1. The lowest BCUT2D eigenvalue weighted by Crippen LogP contribution is -2.22. The van der Waals surface area contributed by atoms with Gasteiger partial charge >= 0.3 is 0 Å². The molecule has 0 bridgehead atoms. The second kappa shape index (κ2) is 9.37. The van der Waals surface area contributed by atoms with E-state index in [1.54, 1.807) is 36.4 Å². The number of nitrogens with zero attached hydrogens (tertiary/aromatic N) is 4. The van der Waals surface area contributed by atoms with E-state index in [9.17, 15) is 15.2 Å². The van der Waals surface area contributed by atoms with Gasteiger partial charge in [0.2, 0.25) is 0 Å². The van der Waals surface area contributed by atoms with Gasteiger partial charge in [-0.2, -0.15) is 5.26 Å². The molecule has 0 radical (unpaired) electrons. The number of nitrogens with one attached hydrogen (secondary N) is 1. The minimum Gasteiger partial charge on any atom is -0.510 e. The third-order valence-corrected chi connectivity index (χ3v) is 6.39. The first-order valence-corrected chi connectivity index (χ1v) is 11.6. The van der Waals surface area contributed by atoms with E-state index in [0.717, 1.165) is 17.3 Å². The number of hydrogen-bond acceptors (Lipinski definition) is 7. The summed E-state index contributed by atoms with van der Waals surface area (Å²) in [7, 11) is 1.53. The number of nitriles is 1. The maximum atomic E-state index is 13.5. The average molecular weight is 482 g/mol. The van der Waals surface area contributed by atoms with E-state index < -0.39 is 0 Å². The van der Waals surface area contributed by atoms with Crippen molar-refractivity contribution in [3.05, 3.63) is 94.7 Å². The summed E-state index contributed by atoms with van der Waals surface area (Å²) in [5.74, 6) is 0.610. The van der Waals surface area contributed by atoms with Crippen LogP contribution in [0.2, 0.25) is 0 Å². The molecule has 0 aliphatic heterocycles. The fraction of sp³-hybridized carbons (Fsp3) is 0.0769. The van der Waals surface area contributed by atoms with Crippen molar-refractivity contribution >= 4 is 39.3 Å². The summed E-state index contributed by atoms with van der Waals surface area (Å²) in [6.45, 7) is 0. The first-order valence-electron chi connectivity index (χ1n) is 10.7. The molecule has 0 unspecified atom stereocenters. The topological polar surface area (TPSA) is 117 Å². The van der Waals surface area contributed by atoms with Crippen LogP contribution >= 0.6 is 11.8 Å². The standard InChI is InChI=1S/C26H19N5O3S/c1-34-23-13-7-6-12-21(23)31-25(33)16-8-2-3-9-18(16)30-26(31)35-15-22(32)17(14-27)24-28-19-10-4-5-11-20(19)29-24/h2-13,32H,15H2,1H3,(H,28,29)/b22-17-. The number of imidazole rings is 1. The zero-order valence-electron chi connectivity index (χ0n) is 18.6. The van der Waals surface area contributed by atoms with Gasteiger partial charge in [0.1, 0.15) is 23.2 Å². The molecule has 35 heavy (non-hydrogen) atoms. The molecular formula is C26H19N5O3S. The highest BCUT2D eigenvalue weighted by Crippen LogP contribution is 2.29. The molecule has 0 aliphatic rings. The average Bonchev–Trinajstić information content (AvgIpc) is 3.32. The Kier molecular flexibility index (Phi) is 5.95. The van der Waals surface area contributed by atoms with Crippen LogP contribution in [0.3, 0.4) is 0 Å². The number of methoxy groups -OCH3 is 1. The molecule has 0 spiro atoms. The van der Waals surface area contributed by atoms with E-state index in [1.807, 2.05) is 42.5 Å². The highest BCUT2D eigenvalue weighted by Gasteiger charge is 2.19. The summed E-state index contributed by atoms with van der Waals surface area (Å²) in [4.78, 5) is 25.6. The molecule has 8 nitrogen and oxygen atoms in total. The van der Waals surface area contributed by atoms with E-state index in [4.69, 9.17) is 4.74 Å². The Labute approximate surface area is 204 Å². The Morgan fingerprint density at radius 2 is 1.77 bits per heavy atom. The number of allylic oxidation sites excluding steroid dienone is 1. The molecule has 0 saturated carbocycles. The van der Waals surface area contributed by atoms with E-state index in [2.05, 4.69) is 15.0 Å². The van der Waals surface area contributed by atoms with Gasteiger partial charge < -0.3 is 14.8 Å². The number of aliphatic hydroxyl groups is 1. The molecule has 5 rings (SSSR count). The Morgan fingerprint density at radius 1 is 1.06 bits per heavy atom. The van der Waals surface area contributed by atoms with Crippen molar-refractivity contribution in [2.24, 2.45) is 0 Å². The van der Waals surface area contributed by atoms with Gasteiger partial charge in [0, 0.05) is 0 Å². The van der Waals surface area contributed by atoms with Crippen LogP contribution in [-0.4, -0.2) is 37.5 Å². The normalized spacial score (nSPS) is 11.9. The Morgan fingerprint density at radius 3 is 2.54 bits per heavy atom. The summed E-state index contributed by atoms with van der Waals surface area (Å²) in [5.41, 5.74) is 2.28. The Hall–Kier alpha value is -4.55. The first kappa shape index (κ1) is 22.3. The maximum Gasteiger partial charge on any atom is 0.266 e. The number of H-pyrrole nitrogens is 1. The molecule has 3 aromatic carbocycles. The third-order valence-electron chi connectivity index (χ3n) is 5.44. The molecule has 2 aromatic heterocycles. The molecule has 2 heterocycles. The van der Waals surface area contributed by atoms with Gasteiger partial charge in [-0.1, -0.05) is 48.2 Å². The number of aromatic amines is 1. The minimum absolute atomic E-state index is 0.000131. The fourth-order valence-electron chi connectivity index (χ4n) is 3.77. The van der Waals surface area contributed by atoms with E-state index >= 15 is 0 Å². The minimum atomic E-state index is -0.260. The monoisotopic (exact) mass is 481 g/mol. The number of para-hydroxylation sites is 5. The molecular weight excluding hydrogens is 462 g/mol. The highest BCUT2D eigenvalue weighted by molar-refractivity contribution is 7.99. The van der Waals surface area contributed by atoms with Crippen molar-refractivity contribution in [3.63, 3.8) is 0 Å². The van der Waals surface area contributed by atoms with Crippen LogP contribution in [0.5, 0.6) is 5.75 Å². The number of aliphatic hydroxyl groups excluding tert-OH is 1. The summed E-state index contributed by atoms with van der Waals surface area (Å²) in [5, 5.41) is 21.4. The Balaban J connectivity index is 1.59. The van der Waals surface area contributed by atoms with Crippen LogP contribution in [0.1, 0.15) is 5.82 Å². The van der Waals surface area contributed by atoms with Crippen LogP contribution in [-0.2, 0) is 0 Å². The van der Waals surface area contributed by atoms with Gasteiger partial charge in [-0.25, -0.2) is 9.97 Å². The second-order valence-corrected chi connectivity index (χ2v) is 8.49. The lowest BCUT2D eigenvalue weighted by molar-refractivity contribution is 0.411. The molecule has 0 atom stereocenters. The predicted molar refractivity (Wildman–Crippen MR) is 136 cm³/mol. The number of benzene rings is 3. The van der Waals surface area contributed by atoms with Crippen LogP contribution in [0.25, 0.3) is 33.2 Å². The molecule has 0 amide bonds. The zero-order chi connectivity index (χ0) is 24.4. The second-order valence-electron chi connectivity index (χ2n) is 7.55. The zero-order valence-corrected chi connectivity index (χ0v) is 19.4. The van der Waals surface area contributed by atoms with Crippen LogP contribution < -0.4 is 10.3 Å². The lowest BCUT2D eigenvalue weighted by atomic mass is 10.2. The molecule has 2 N–H and O–H groups in total. The Bertz CT molecular complexity index is 1660. The van der Waals surface area contributed by atoms with Crippen LogP contribution in [0.15, 0.2) is 88.5 Å². The predicted octanol–water partition coefficient (Wildman–Crippen LogP) is 4.86. The van der Waals surface area contributed by atoms with Crippen molar-refractivity contribution in [1.29, 1.82) is 5.26 Å². The fourth-order valence-corrected chi connectivity index (χ4v) is 4.65. The first-order chi connectivity index (χ1) is 17.1. The number of rotatable bonds is 6. The van der Waals surface area contributed by atoms with Gasteiger partial charge in [0.05, 0.1) is 40.5 Å². The SMILES string of the molecule is COc1ccccc1-n1c(SC/C(O)=C(\C#N)c2nc3ccccc3[nH]2)nc2ccccc2c1=O. The molecule has 0 saturated heterocycles. The van der Waals surface area contributed by atoms with Crippen LogP contribution in [0.4, 0.5) is 0 Å². The maximum absolute atomic E-state index is 13.5. The van der Waals surface area contributed by atoms with Crippen molar-refractivity contribution in [2.75, 3.05) is 12.9 Å². The summed E-state index contributed by atoms with van der Waals surface area (Å²) < 4.78 is 6.94. The van der Waals surface area contributed by atoms with Gasteiger partial charge in [-0.15, -0.1) is 0 Å². The van der Waals surface area contributed by atoms with E-state index in [1.165, 1.54) is 11.7 Å². The van der Waals surface area contributed by atoms with Crippen molar-refractivity contribution in [3.8, 4) is 17.5 Å². The summed E-state index contributed by atoms with van der Waals surface area (Å²) >= 11 is 1.14. The molecule has 0 aliphatic carbocycles. The largest absolute Gasteiger partial charge is 0.510 e. The van der Waals surface area contributed by atoms with Crippen molar-refractivity contribution in [2.45, 2.75) is 5.16 Å². The molecule has 9 heteroatoms. The molecule has 0 fully saturated rings. The van der Waals surface area contributed by atoms with Gasteiger partial charge in [-0.3, -0.25) is 9.36 Å². The third kappa shape index (κ3) is 4.11. The summed E-state index contributed by atoms with van der Waals surface area (Å²) in [6.07, 6.45) is 0. The van der Waals surface area contributed by atoms with Gasteiger partial charge in [-0.05, 0) is 36.4 Å². The van der Waals surface area contributed by atoms with Crippen LogP contribution in [0, 0.1) is 11.3 Å². The number of ether oxygens (including phenoxy) is 1. The van der Waals surface area contributed by atoms with Crippen molar-refractivity contribution in [1.82, 2.24) is 19.5 Å². The smallest absolute Gasteiger partial charge is 0.266 e. The highest BCUT2D eigenvalue weighted by atomic mass is 32.2.